The van der Waals surface area contributed by atoms with Crippen molar-refractivity contribution >= 4 is 29.7 Å². The van der Waals surface area contributed by atoms with E-state index >= 15 is 0 Å². The lowest BCUT2D eigenvalue weighted by Gasteiger charge is -2.34. The Morgan fingerprint density at radius 1 is 1.19 bits per heavy atom. The van der Waals surface area contributed by atoms with Crippen molar-refractivity contribution in [3.8, 4) is 10.6 Å². The van der Waals surface area contributed by atoms with Gasteiger partial charge in [-0.25, -0.2) is 9.78 Å². The molecule has 3 rings (SSSR count). The van der Waals surface area contributed by atoms with E-state index in [0.717, 1.165) is 54.8 Å². The first-order chi connectivity index (χ1) is 12.2. The fourth-order valence-electron chi connectivity index (χ4n) is 2.92. The predicted molar refractivity (Wildman–Crippen MR) is 105 cm³/mol. The molecule has 0 aliphatic carbocycles. The summed E-state index contributed by atoms with van der Waals surface area (Å²) in [6, 6.07) is 9.75. The van der Waals surface area contributed by atoms with Crippen LogP contribution in [0.25, 0.3) is 10.6 Å². The van der Waals surface area contributed by atoms with E-state index in [0.29, 0.717) is 6.54 Å². The first-order valence-corrected chi connectivity index (χ1v) is 9.21. The van der Waals surface area contributed by atoms with Crippen molar-refractivity contribution in [2.45, 2.75) is 6.54 Å². The van der Waals surface area contributed by atoms with Gasteiger partial charge < -0.3 is 9.84 Å². The Bertz CT molecular complexity index is 703. The number of carboxylic acids is 1. The molecule has 0 radical (unpaired) electrons. The van der Waals surface area contributed by atoms with E-state index in [1.165, 1.54) is 11.3 Å². The number of halogens is 1. The third-order valence-electron chi connectivity index (χ3n) is 4.36. The zero-order valence-electron chi connectivity index (χ0n) is 14.8. The van der Waals surface area contributed by atoms with Crippen LogP contribution in [-0.4, -0.2) is 72.3 Å². The number of aromatic carboxylic acids is 1. The van der Waals surface area contributed by atoms with Gasteiger partial charge >= 0.3 is 5.97 Å². The van der Waals surface area contributed by atoms with Gasteiger partial charge in [-0.3, -0.25) is 9.80 Å². The minimum absolute atomic E-state index is 0. The molecule has 1 saturated heterocycles. The van der Waals surface area contributed by atoms with Crippen LogP contribution in [0.5, 0.6) is 0 Å². The molecule has 1 aromatic carbocycles. The fraction of sp³-hybridized carbons (Fsp3) is 0.444. The second kappa shape index (κ2) is 9.99. The van der Waals surface area contributed by atoms with Crippen molar-refractivity contribution in [3.63, 3.8) is 0 Å². The minimum Gasteiger partial charge on any atom is -0.476 e. The molecular formula is C18H24ClN3O3S. The molecule has 2 heterocycles. The van der Waals surface area contributed by atoms with Crippen LogP contribution in [0.3, 0.4) is 0 Å². The van der Waals surface area contributed by atoms with Gasteiger partial charge in [0.2, 0.25) is 0 Å². The van der Waals surface area contributed by atoms with Crippen molar-refractivity contribution < 1.29 is 14.6 Å². The van der Waals surface area contributed by atoms with Crippen LogP contribution in [0.1, 0.15) is 15.4 Å². The van der Waals surface area contributed by atoms with E-state index in [1.807, 2.05) is 30.3 Å². The third kappa shape index (κ3) is 5.25. The Kier molecular flexibility index (Phi) is 7.99. The fourth-order valence-corrected chi connectivity index (χ4v) is 4.03. The maximum Gasteiger partial charge on any atom is 0.355 e. The number of ether oxygens (including phenoxy) is 1. The molecule has 26 heavy (non-hydrogen) atoms. The summed E-state index contributed by atoms with van der Waals surface area (Å²) in [5, 5.41) is 10.3. The molecule has 0 spiro atoms. The minimum atomic E-state index is -0.952. The second-order valence-electron chi connectivity index (χ2n) is 6.07. The highest BCUT2D eigenvalue weighted by Crippen LogP contribution is 2.29. The molecule has 1 aromatic heterocycles. The molecule has 1 N–H and O–H groups in total. The zero-order valence-corrected chi connectivity index (χ0v) is 16.4. The van der Waals surface area contributed by atoms with Gasteiger partial charge in [0.15, 0.2) is 5.69 Å². The van der Waals surface area contributed by atoms with Gasteiger partial charge in [-0.15, -0.1) is 23.7 Å². The molecule has 0 saturated carbocycles. The van der Waals surface area contributed by atoms with Gasteiger partial charge in [-0.1, -0.05) is 30.3 Å². The summed E-state index contributed by atoms with van der Waals surface area (Å²) in [5.41, 5.74) is 1.15. The molecule has 6 nitrogen and oxygen atoms in total. The number of rotatable bonds is 7. The molecule has 1 fully saturated rings. The highest BCUT2D eigenvalue weighted by atomic mass is 35.5. The number of nitrogens with zero attached hydrogens (tertiary/aromatic N) is 3. The van der Waals surface area contributed by atoms with E-state index in [4.69, 9.17) is 4.74 Å². The van der Waals surface area contributed by atoms with E-state index in [1.54, 1.807) is 7.11 Å². The standard InChI is InChI=1S/C18H23N3O3S.ClH/c1-24-12-11-20-7-9-21(10-8-20)13-15-16(18(22)23)19-17(25-15)14-5-3-2-4-6-14;/h2-6H,7-13H2,1H3,(H,22,23);1H. The molecule has 142 valence electrons. The van der Waals surface area contributed by atoms with Crippen LogP contribution in [-0.2, 0) is 11.3 Å². The highest BCUT2D eigenvalue weighted by molar-refractivity contribution is 7.15. The Morgan fingerprint density at radius 3 is 2.46 bits per heavy atom. The van der Waals surface area contributed by atoms with Crippen LogP contribution < -0.4 is 0 Å². The summed E-state index contributed by atoms with van der Waals surface area (Å²) in [4.78, 5) is 21.5. The molecule has 2 aromatic rings. The van der Waals surface area contributed by atoms with E-state index < -0.39 is 5.97 Å². The second-order valence-corrected chi connectivity index (χ2v) is 7.16. The quantitative estimate of drug-likeness (QED) is 0.774. The first kappa shape index (κ1) is 20.8. The summed E-state index contributed by atoms with van der Waals surface area (Å²) in [6.07, 6.45) is 0. The SMILES string of the molecule is COCCN1CCN(Cc2sc(-c3ccccc3)nc2C(=O)O)CC1.Cl. The summed E-state index contributed by atoms with van der Waals surface area (Å²) >= 11 is 1.48. The molecule has 8 heteroatoms. The average Bonchev–Trinajstić information content (AvgIpc) is 3.06. The van der Waals surface area contributed by atoms with Crippen LogP contribution in [0, 0.1) is 0 Å². The van der Waals surface area contributed by atoms with Crippen LogP contribution in [0.4, 0.5) is 0 Å². The number of carbonyl (C=O) groups is 1. The topological polar surface area (TPSA) is 65.9 Å². The van der Waals surface area contributed by atoms with Gasteiger partial charge in [0, 0.05) is 51.9 Å². The molecule has 1 aliphatic heterocycles. The smallest absolute Gasteiger partial charge is 0.355 e. The normalized spacial score (nSPS) is 15.6. The summed E-state index contributed by atoms with van der Waals surface area (Å²) < 4.78 is 5.13. The number of thiazole rings is 1. The highest BCUT2D eigenvalue weighted by Gasteiger charge is 2.22. The molecule has 0 bridgehead atoms. The summed E-state index contributed by atoms with van der Waals surface area (Å²) in [6.45, 7) is 6.17. The predicted octanol–water partition coefficient (Wildman–Crippen LogP) is 2.69. The monoisotopic (exact) mass is 397 g/mol. The Hall–Kier alpha value is -1.51. The zero-order chi connectivity index (χ0) is 17.6. The summed E-state index contributed by atoms with van der Waals surface area (Å²) in [7, 11) is 1.72. The van der Waals surface area contributed by atoms with Crippen molar-refractivity contribution in [1.29, 1.82) is 0 Å². The number of benzene rings is 1. The molecule has 0 unspecified atom stereocenters. The van der Waals surface area contributed by atoms with Crippen LogP contribution in [0.15, 0.2) is 30.3 Å². The van der Waals surface area contributed by atoms with E-state index in [-0.39, 0.29) is 18.1 Å². The maximum atomic E-state index is 11.6. The Morgan fingerprint density at radius 2 is 1.85 bits per heavy atom. The molecule has 0 atom stereocenters. The van der Waals surface area contributed by atoms with Crippen molar-refractivity contribution in [3.05, 3.63) is 40.9 Å². The van der Waals surface area contributed by atoms with Gasteiger partial charge in [0.05, 0.1) is 11.5 Å². The lowest BCUT2D eigenvalue weighted by atomic mass is 10.2. The van der Waals surface area contributed by atoms with Gasteiger partial charge in [0.1, 0.15) is 5.01 Å². The van der Waals surface area contributed by atoms with Crippen LogP contribution in [0.2, 0.25) is 0 Å². The Labute approximate surface area is 163 Å². The van der Waals surface area contributed by atoms with Gasteiger partial charge in [-0.05, 0) is 0 Å². The third-order valence-corrected chi connectivity index (χ3v) is 5.45. The number of aromatic nitrogens is 1. The summed E-state index contributed by atoms with van der Waals surface area (Å²) in [5.74, 6) is -0.952. The van der Waals surface area contributed by atoms with Crippen molar-refractivity contribution in [2.24, 2.45) is 0 Å². The van der Waals surface area contributed by atoms with Crippen LogP contribution >= 0.6 is 23.7 Å². The first-order valence-electron chi connectivity index (χ1n) is 8.39. The lowest BCUT2D eigenvalue weighted by Crippen LogP contribution is -2.46. The van der Waals surface area contributed by atoms with E-state index in [9.17, 15) is 9.90 Å². The molecule has 0 amide bonds. The number of methoxy groups -OCH3 is 1. The number of piperazine rings is 1. The number of hydrogen-bond donors (Lipinski definition) is 1. The Balaban J connectivity index is 0.00000243. The van der Waals surface area contributed by atoms with Crippen molar-refractivity contribution in [2.75, 3.05) is 46.4 Å². The largest absolute Gasteiger partial charge is 0.476 e. The average molecular weight is 398 g/mol. The van der Waals surface area contributed by atoms with Gasteiger partial charge in [0.25, 0.3) is 0 Å². The molecular weight excluding hydrogens is 374 g/mol. The molecule has 1 aliphatic rings. The van der Waals surface area contributed by atoms with E-state index in [2.05, 4.69) is 14.8 Å². The lowest BCUT2D eigenvalue weighted by molar-refractivity contribution is 0.0686. The number of carboxylic acid groups (broad SMARTS) is 1. The number of hydrogen-bond acceptors (Lipinski definition) is 6. The van der Waals surface area contributed by atoms with Crippen molar-refractivity contribution in [1.82, 2.24) is 14.8 Å². The maximum absolute atomic E-state index is 11.6. The van der Waals surface area contributed by atoms with Gasteiger partial charge in [-0.2, -0.15) is 0 Å².